The van der Waals surface area contributed by atoms with Crippen molar-refractivity contribution in [2.75, 3.05) is 11.4 Å². The first-order chi connectivity index (χ1) is 8.08. The molecule has 0 aromatic carbocycles. The van der Waals surface area contributed by atoms with Crippen molar-refractivity contribution >= 4 is 11.7 Å². The van der Waals surface area contributed by atoms with Gasteiger partial charge in [0, 0.05) is 24.3 Å². The van der Waals surface area contributed by atoms with Crippen molar-refractivity contribution in [3.05, 3.63) is 23.9 Å². The molecule has 92 valence electrons. The second kappa shape index (κ2) is 4.73. The standard InChI is InChI=1S/C13H20N4/c1-9(2)8-17(11-4-5-11)12-6-3-10(7-16-12)13(14)15/h3,6-7,9,11H,4-5,8H2,1-2H3,(H3,14,15). The van der Waals surface area contributed by atoms with Gasteiger partial charge < -0.3 is 10.6 Å². The highest BCUT2D eigenvalue weighted by molar-refractivity contribution is 5.94. The van der Waals surface area contributed by atoms with Crippen molar-refractivity contribution in [2.45, 2.75) is 32.7 Å². The first-order valence-corrected chi connectivity index (χ1v) is 6.15. The Hall–Kier alpha value is -1.58. The molecule has 0 aliphatic heterocycles. The summed E-state index contributed by atoms with van der Waals surface area (Å²) in [6.07, 6.45) is 4.22. The minimum atomic E-state index is 0.0749. The quantitative estimate of drug-likeness (QED) is 0.602. The molecule has 1 aromatic rings. The molecular formula is C13H20N4. The molecular weight excluding hydrogens is 212 g/mol. The number of rotatable bonds is 5. The van der Waals surface area contributed by atoms with Crippen LogP contribution in [0.25, 0.3) is 0 Å². The fourth-order valence-corrected chi connectivity index (χ4v) is 1.92. The smallest absolute Gasteiger partial charge is 0.128 e. The lowest BCUT2D eigenvalue weighted by Gasteiger charge is -2.25. The monoisotopic (exact) mass is 232 g/mol. The van der Waals surface area contributed by atoms with Crippen LogP contribution in [-0.2, 0) is 0 Å². The molecule has 4 nitrogen and oxygen atoms in total. The maximum atomic E-state index is 7.35. The molecule has 1 aliphatic carbocycles. The third-order valence-corrected chi connectivity index (χ3v) is 2.90. The van der Waals surface area contributed by atoms with E-state index in [1.807, 2.05) is 12.1 Å². The second-order valence-corrected chi connectivity index (χ2v) is 5.10. The molecule has 0 saturated heterocycles. The zero-order valence-corrected chi connectivity index (χ0v) is 10.5. The van der Waals surface area contributed by atoms with E-state index in [9.17, 15) is 0 Å². The first-order valence-electron chi connectivity index (χ1n) is 6.15. The van der Waals surface area contributed by atoms with Crippen molar-refractivity contribution in [1.82, 2.24) is 4.98 Å². The summed E-state index contributed by atoms with van der Waals surface area (Å²) in [5.74, 6) is 1.71. The molecule has 0 atom stereocenters. The fraction of sp³-hybridized carbons (Fsp3) is 0.538. The summed E-state index contributed by atoms with van der Waals surface area (Å²) in [6.45, 7) is 5.48. The van der Waals surface area contributed by atoms with Gasteiger partial charge in [-0.25, -0.2) is 4.98 Å². The van der Waals surface area contributed by atoms with Gasteiger partial charge in [-0.05, 0) is 30.9 Å². The van der Waals surface area contributed by atoms with E-state index in [4.69, 9.17) is 11.1 Å². The summed E-state index contributed by atoms with van der Waals surface area (Å²) in [5, 5.41) is 7.35. The van der Waals surface area contributed by atoms with Crippen LogP contribution in [0, 0.1) is 11.3 Å². The Morgan fingerprint density at radius 3 is 2.65 bits per heavy atom. The van der Waals surface area contributed by atoms with Crippen LogP contribution >= 0.6 is 0 Å². The molecule has 3 N–H and O–H groups in total. The fourth-order valence-electron chi connectivity index (χ4n) is 1.92. The summed E-state index contributed by atoms with van der Waals surface area (Å²) in [7, 11) is 0. The maximum absolute atomic E-state index is 7.35. The lowest BCUT2D eigenvalue weighted by molar-refractivity contribution is 0.603. The molecule has 2 rings (SSSR count). The van der Waals surface area contributed by atoms with Gasteiger partial charge in [-0.2, -0.15) is 0 Å². The van der Waals surface area contributed by atoms with Gasteiger partial charge in [-0.3, -0.25) is 5.41 Å². The van der Waals surface area contributed by atoms with Crippen LogP contribution in [0.4, 0.5) is 5.82 Å². The molecule has 0 amide bonds. The van der Waals surface area contributed by atoms with Crippen LogP contribution in [0.3, 0.4) is 0 Å². The number of pyridine rings is 1. The number of nitrogens with one attached hydrogen (secondary N) is 1. The van der Waals surface area contributed by atoms with Gasteiger partial charge in [-0.1, -0.05) is 13.8 Å². The Morgan fingerprint density at radius 2 is 2.24 bits per heavy atom. The van der Waals surface area contributed by atoms with Gasteiger partial charge in [-0.15, -0.1) is 0 Å². The summed E-state index contributed by atoms with van der Waals surface area (Å²) in [6, 6.07) is 4.51. The molecule has 1 saturated carbocycles. The zero-order valence-electron chi connectivity index (χ0n) is 10.5. The average molecular weight is 232 g/mol. The topological polar surface area (TPSA) is 66.0 Å². The molecule has 0 bridgehead atoms. The molecule has 0 unspecified atom stereocenters. The lowest BCUT2D eigenvalue weighted by atomic mass is 10.2. The highest BCUT2D eigenvalue weighted by Crippen LogP contribution is 2.31. The number of hydrogen-bond donors (Lipinski definition) is 2. The van der Waals surface area contributed by atoms with E-state index in [0.717, 1.165) is 12.4 Å². The molecule has 1 aliphatic rings. The molecule has 0 radical (unpaired) electrons. The Morgan fingerprint density at radius 1 is 1.53 bits per heavy atom. The van der Waals surface area contributed by atoms with Gasteiger partial charge in [0.25, 0.3) is 0 Å². The van der Waals surface area contributed by atoms with Gasteiger partial charge >= 0.3 is 0 Å². The molecule has 4 heteroatoms. The number of amidine groups is 1. The third kappa shape index (κ3) is 2.96. The summed E-state index contributed by atoms with van der Waals surface area (Å²) >= 11 is 0. The first kappa shape index (κ1) is 11.9. The Bertz CT molecular complexity index is 392. The van der Waals surface area contributed by atoms with Gasteiger partial charge in [0.05, 0.1) is 0 Å². The number of nitrogens with two attached hydrogens (primary N) is 1. The highest BCUT2D eigenvalue weighted by Gasteiger charge is 2.30. The summed E-state index contributed by atoms with van der Waals surface area (Å²) < 4.78 is 0. The van der Waals surface area contributed by atoms with E-state index >= 15 is 0 Å². The zero-order chi connectivity index (χ0) is 12.4. The Labute approximate surface area is 102 Å². The number of anilines is 1. The molecule has 1 fully saturated rings. The van der Waals surface area contributed by atoms with E-state index in [-0.39, 0.29) is 5.84 Å². The van der Waals surface area contributed by atoms with Crippen molar-refractivity contribution in [1.29, 1.82) is 5.41 Å². The summed E-state index contributed by atoms with van der Waals surface area (Å²) in [5.41, 5.74) is 6.11. The molecule has 0 spiro atoms. The van der Waals surface area contributed by atoms with Crippen LogP contribution in [0.2, 0.25) is 0 Å². The molecule has 1 aromatic heterocycles. The van der Waals surface area contributed by atoms with Crippen LogP contribution in [-0.4, -0.2) is 23.4 Å². The minimum absolute atomic E-state index is 0.0749. The third-order valence-electron chi connectivity index (χ3n) is 2.90. The number of nitrogen functional groups attached to an aromatic ring is 1. The second-order valence-electron chi connectivity index (χ2n) is 5.10. The minimum Gasteiger partial charge on any atom is -0.384 e. The van der Waals surface area contributed by atoms with E-state index in [1.165, 1.54) is 12.8 Å². The molecule has 1 heterocycles. The van der Waals surface area contributed by atoms with Gasteiger partial charge in [0.15, 0.2) is 0 Å². The largest absolute Gasteiger partial charge is 0.384 e. The van der Waals surface area contributed by atoms with E-state index < -0.39 is 0 Å². The average Bonchev–Trinajstić information content (AvgIpc) is 3.09. The van der Waals surface area contributed by atoms with Crippen molar-refractivity contribution in [2.24, 2.45) is 11.7 Å². The van der Waals surface area contributed by atoms with Crippen molar-refractivity contribution < 1.29 is 0 Å². The van der Waals surface area contributed by atoms with Crippen LogP contribution in [0.1, 0.15) is 32.3 Å². The van der Waals surface area contributed by atoms with Gasteiger partial charge in [0.1, 0.15) is 11.7 Å². The highest BCUT2D eigenvalue weighted by atomic mass is 15.2. The normalized spacial score (nSPS) is 15.0. The molecule has 17 heavy (non-hydrogen) atoms. The van der Waals surface area contributed by atoms with Crippen LogP contribution in [0.5, 0.6) is 0 Å². The predicted molar refractivity (Wildman–Crippen MR) is 70.5 cm³/mol. The van der Waals surface area contributed by atoms with Crippen LogP contribution < -0.4 is 10.6 Å². The Kier molecular flexibility index (Phi) is 3.31. The number of aromatic nitrogens is 1. The van der Waals surface area contributed by atoms with Crippen molar-refractivity contribution in [3.63, 3.8) is 0 Å². The van der Waals surface area contributed by atoms with Gasteiger partial charge in [0.2, 0.25) is 0 Å². The van der Waals surface area contributed by atoms with Crippen LogP contribution in [0.15, 0.2) is 18.3 Å². The maximum Gasteiger partial charge on any atom is 0.128 e. The number of nitrogens with zero attached hydrogens (tertiary/aromatic N) is 2. The van der Waals surface area contributed by atoms with E-state index in [1.54, 1.807) is 6.20 Å². The Balaban J connectivity index is 2.15. The van der Waals surface area contributed by atoms with Crippen molar-refractivity contribution in [3.8, 4) is 0 Å². The van der Waals surface area contributed by atoms with E-state index in [2.05, 4.69) is 23.7 Å². The lowest BCUT2D eigenvalue weighted by Crippen LogP contribution is -2.30. The summed E-state index contributed by atoms with van der Waals surface area (Å²) in [4.78, 5) is 6.79. The SMILES string of the molecule is CC(C)CN(c1ccc(C(=N)N)cn1)C1CC1. The van der Waals surface area contributed by atoms with E-state index in [0.29, 0.717) is 17.5 Å². The predicted octanol–water partition coefficient (Wildman–Crippen LogP) is 1.99. The number of hydrogen-bond acceptors (Lipinski definition) is 3.